The first kappa shape index (κ1) is 33.1. The van der Waals surface area contributed by atoms with E-state index in [0.29, 0.717) is 19.5 Å². The van der Waals surface area contributed by atoms with Crippen LogP contribution in [0.4, 0.5) is 11.4 Å². The highest BCUT2D eigenvalue weighted by Crippen LogP contribution is 2.48. The van der Waals surface area contributed by atoms with Gasteiger partial charge in [0.2, 0.25) is 5.69 Å². The molecule has 0 radical (unpaired) electrons. The molecule has 2 aliphatic heterocycles. The molecular formula is C31H40N2O8P2. The van der Waals surface area contributed by atoms with Gasteiger partial charge in [-0.15, -0.1) is 0 Å². The Labute approximate surface area is 252 Å². The second-order valence-corrected chi connectivity index (χ2v) is 15.3. The fourth-order valence-electron chi connectivity index (χ4n) is 6.22. The normalized spacial score (nSPS) is 19.7. The van der Waals surface area contributed by atoms with Crippen LogP contribution in [-0.4, -0.2) is 49.1 Å². The Balaban J connectivity index is 1.74. The number of likely N-dealkylation sites (N-methyl/N-ethyl adjacent to an activating group) is 1. The van der Waals surface area contributed by atoms with Crippen LogP contribution in [0.25, 0.3) is 0 Å². The van der Waals surface area contributed by atoms with E-state index in [4.69, 9.17) is 5.11 Å². The van der Waals surface area contributed by atoms with Gasteiger partial charge in [-0.25, -0.2) is 0 Å². The maximum absolute atomic E-state index is 12.1. The lowest BCUT2D eigenvalue weighted by Crippen LogP contribution is -2.28. The number of unbranched alkanes of at least 4 members (excludes halogenated alkanes) is 2. The molecular weight excluding hydrogens is 590 g/mol. The standard InChI is InChI=1S/C31H40N2O8P2/c1-6-32-25-16-14-21(42(36,37)38)19-23(25)30(2,3)27(32)11-10-12-28-31(4,5)24-20-22(43(39,40)41)15-17-26(24)33(28)18-9-7-8-13-29(34)35/h10-12,14-17,19-20H,6-9,13,18H2,1-5H3,(H4-,34,35,36,37,38,39,40,41). The summed E-state index contributed by atoms with van der Waals surface area (Å²) in [5, 5.41) is 8.83. The number of fused-ring (bicyclic) bond motifs is 2. The van der Waals surface area contributed by atoms with Gasteiger partial charge in [0.05, 0.1) is 10.7 Å². The highest BCUT2D eigenvalue weighted by molar-refractivity contribution is 7.60. The average Bonchev–Trinajstić information content (AvgIpc) is 3.25. The molecule has 0 aliphatic carbocycles. The second kappa shape index (κ2) is 11.9. The highest BCUT2D eigenvalue weighted by Gasteiger charge is 2.45. The van der Waals surface area contributed by atoms with Crippen LogP contribution in [0.15, 0.2) is 60.3 Å². The number of benzene rings is 2. The monoisotopic (exact) mass is 630 g/mol. The summed E-state index contributed by atoms with van der Waals surface area (Å²) in [6.45, 7) is 11.3. The smallest absolute Gasteiger partial charge is 0.356 e. The molecule has 4 N–H and O–H groups in total. The Morgan fingerprint density at radius 3 is 2.21 bits per heavy atom. The van der Waals surface area contributed by atoms with Gasteiger partial charge in [0.25, 0.3) is 0 Å². The molecule has 0 saturated carbocycles. The Kier molecular flexibility index (Phi) is 9.17. The van der Waals surface area contributed by atoms with Crippen molar-refractivity contribution in [3.63, 3.8) is 0 Å². The van der Waals surface area contributed by atoms with Gasteiger partial charge in [-0.05, 0) is 75.6 Å². The van der Waals surface area contributed by atoms with Crippen molar-refractivity contribution in [2.75, 3.05) is 18.0 Å². The third-order valence-corrected chi connectivity index (χ3v) is 10.4. The van der Waals surface area contributed by atoms with Gasteiger partial charge in [-0.2, -0.15) is 4.58 Å². The molecule has 0 bridgehead atoms. The van der Waals surface area contributed by atoms with E-state index in [0.717, 1.165) is 46.8 Å². The average molecular weight is 631 g/mol. The number of carboxylic acid groups (broad SMARTS) is 1. The molecule has 1 unspecified atom stereocenters. The Morgan fingerprint density at radius 1 is 0.953 bits per heavy atom. The van der Waals surface area contributed by atoms with Crippen LogP contribution in [0.5, 0.6) is 0 Å². The molecule has 12 heteroatoms. The van der Waals surface area contributed by atoms with Gasteiger partial charge >= 0.3 is 13.6 Å². The SMILES string of the molecule is CCN1/C(=C/C=C/C2=[N+](CCCCCC(=O)O)c3ccc(P(=O)(O)O)cc3C2(C)C)C(C)(C)c2cc(P(=O)([O-])O)ccc21. The number of hydrogen-bond acceptors (Lipinski definition) is 5. The summed E-state index contributed by atoms with van der Waals surface area (Å²) < 4.78 is 26.1. The quantitative estimate of drug-likeness (QED) is 0.164. The van der Waals surface area contributed by atoms with Gasteiger partial charge in [0.1, 0.15) is 6.54 Å². The molecule has 2 aliphatic rings. The fourth-order valence-corrected chi connectivity index (χ4v) is 7.34. The Bertz CT molecular complexity index is 1630. The number of anilines is 1. The summed E-state index contributed by atoms with van der Waals surface area (Å²) >= 11 is 0. The van der Waals surface area contributed by atoms with Gasteiger partial charge in [0.15, 0.2) is 13.3 Å². The van der Waals surface area contributed by atoms with Crippen LogP contribution in [0.2, 0.25) is 0 Å². The van der Waals surface area contributed by atoms with Crippen molar-refractivity contribution in [2.24, 2.45) is 0 Å². The van der Waals surface area contributed by atoms with Crippen molar-refractivity contribution < 1.29 is 43.2 Å². The zero-order valence-electron chi connectivity index (χ0n) is 25.1. The summed E-state index contributed by atoms with van der Waals surface area (Å²) in [5.74, 6) is -0.825. The fraction of sp³-hybridized carbons (Fsp3) is 0.419. The van der Waals surface area contributed by atoms with E-state index in [-0.39, 0.29) is 17.0 Å². The molecule has 0 saturated heterocycles. The van der Waals surface area contributed by atoms with E-state index in [1.54, 1.807) is 18.2 Å². The van der Waals surface area contributed by atoms with Crippen LogP contribution in [-0.2, 0) is 24.8 Å². The number of hydrogen-bond donors (Lipinski definition) is 4. The minimum Gasteiger partial charge on any atom is -0.775 e. The predicted octanol–water partition coefficient (Wildman–Crippen LogP) is 3.94. The van der Waals surface area contributed by atoms with Crippen LogP contribution in [0.3, 0.4) is 0 Å². The molecule has 0 amide bonds. The van der Waals surface area contributed by atoms with Crippen LogP contribution in [0, 0.1) is 0 Å². The molecule has 10 nitrogen and oxygen atoms in total. The molecule has 0 aromatic heterocycles. The van der Waals surface area contributed by atoms with Crippen molar-refractivity contribution >= 4 is 48.9 Å². The predicted molar refractivity (Wildman–Crippen MR) is 166 cm³/mol. The second-order valence-electron chi connectivity index (χ2n) is 12.1. The highest BCUT2D eigenvalue weighted by atomic mass is 31.2. The number of nitrogens with zero attached hydrogens (tertiary/aromatic N) is 2. The van der Waals surface area contributed by atoms with Crippen LogP contribution < -0.4 is 20.4 Å². The summed E-state index contributed by atoms with van der Waals surface area (Å²) in [5.41, 5.74) is 4.08. The zero-order valence-corrected chi connectivity index (χ0v) is 26.9. The molecule has 0 fully saturated rings. The van der Waals surface area contributed by atoms with Crippen molar-refractivity contribution in [3.05, 3.63) is 71.5 Å². The van der Waals surface area contributed by atoms with E-state index in [9.17, 15) is 33.5 Å². The van der Waals surface area contributed by atoms with Crippen molar-refractivity contribution in [2.45, 2.75) is 71.1 Å². The molecule has 232 valence electrons. The molecule has 1 atom stereocenters. The first-order valence-corrected chi connectivity index (χ1v) is 17.5. The van der Waals surface area contributed by atoms with Gasteiger partial charge in [-0.1, -0.05) is 19.9 Å². The lowest BCUT2D eigenvalue weighted by molar-refractivity contribution is -0.438. The van der Waals surface area contributed by atoms with E-state index < -0.39 is 32.0 Å². The number of carboxylic acids is 1. The maximum atomic E-state index is 12.1. The summed E-state index contributed by atoms with van der Waals surface area (Å²) in [4.78, 5) is 54.2. The van der Waals surface area contributed by atoms with Crippen molar-refractivity contribution in [1.82, 2.24) is 0 Å². The molecule has 2 aromatic carbocycles. The first-order chi connectivity index (χ1) is 19.9. The summed E-state index contributed by atoms with van der Waals surface area (Å²) in [6.07, 6.45) is 8.08. The third-order valence-electron chi connectivity index (χ3n) is 8.51. The van der Waals surface area contributed by atoms with Crippen LogP contribution in [0.1, 0.15) is 71.4 Å². The van der Waals surface area contributed by atoms with E-state index in [1.165, 1.54) is 18.2 Å². The van der Waals surface area contributed by atoms with Gasteiger partial charge < -0.3 is 34.1 Å². The molecule has 2 heterocycles. The van der Waals surface area contributed by atoms with E-state index >= 15 is 0 Å². The number of allylic oxidation sites excluding steroid dienone is 4. The largest absolute Gasteiger partial charge is 0.775 e. The summed E-state index contributed by atoms with van der Waals surface area (Å²) in [7, 11) is -9.12. The summed E-state index contributed by atoms with van der Waals surface area (Å²) in [6, 6.07) is 9.45. The molecule has 4 rings (SSSR count). The topological polar surface area (TPSA) is 161 Å². The first-order valence-electron chi connectivity index (χ1n) is 14.3. The van der Waals surface area contributed by atoms with Crippen molar-refractivity contribution in [3.8, 4) is 0 Å². The van der Waals surface area contributed by atoms with E-state index in [1.807, 2.05) is 52.8 Å². The molecule has 43 heavy (non-hydrogen) atoms. The number of carbonyl (C=O) groups is 1. The number of rotatable bonds is 11. The maximum Gasteiger partial charge on any atom is 0.356 e. The Morgan fingerprint density at radius 2 is 1.60 bits per heavy atom. The minimum absolute atomic E-state index is 0.0398. The third kappa shape index (κ3) is 6.51. The number of aliphatic carboxylic acids is 1. The van der Waals surface area contributed by atoms with E-state index in [2.05, 4.69) is 9.48 Å². The zero-order chi connectivity index (χ0) is 32.0. The molecule has 2 aromatic rings. The van der Waals surface area contributed by atoms with Crippen LogP contribution >= 0.6 is 15.2 Å². The lowest BCUT2D eigenvalue weighted by atomic mass is 9.81. The molecule has 0 spiro atoms. The minimum atomic E-state index is -4.66. The Hall–Kier alpha value is -2.84. The van der Waals surface area contributed by atoms with Gasteiger partial charge in [-0.3, -0.25) is 9.36 Å². The van der Waals surface area contributed by atoms with Gasteiger partial charge in [0, 0.05) is 59.2 Å². The lowest BCUT2D eigenvalue weighted by Gasteiger charge is -2.26. The van der Waals surface area contributed by atoms with Crippen molar-refractivity contribution in [1.29, 1.82) is 0 Å².